The van der Waals surface area contributed by atoms with Crippen LogP contribution in [0.3, 0.4) is 0 Å². The van der Waals surface area contributed by atoms with E-state index in [2.05, 4.69) is 4.72 Å². The average molecular weight is 238 g/mol. The Balaban J connectivity index is 4.35. The van der Waals surface area contributed by atoms with E-state index in [4.69, 9.17) is 5.11 Å². The number of aliphatic carboxylic acids is 1. The van der Waals surface area contributed by atoms with Crippen molar-refractivity contribution in [1.82, 2.24) is 9.03 Å². The van der Waals surface area contributed by atoms with Crippen molar-refractivity contribution in [2.24, 2.45) is 0 Å². The van der Waals surface area contributed by atoms with Gasteiger partial charge >= 0.3 is 5.97 Å². The van der Waals surface area contributed by atoms with Gasteiger partial charge in [-0.3, -0.25) is 4.79 Å². The summed E-state index contributed by atoms with van der Waals surface area (Å²) in [6.07, 6.45) is 1.63. The largest absolute Gasteiger partial charge is 0.480 e. The minimum Gasteiger partial charge on any atom is -0.480 e. The fraction of sp³-hybridized carbons (Fsp3) is 0.875. The number of hydrogen-bond acceptors (Lipinski definition) is 3. The second kappa shape index (κ2) is 6.04. The molecule has 0 heterocycles. The fourth-order valence-electron chi connectivity index (χ4n) is 0.865. The summed E-state index contributed by atoms with van der Waals surface area (Å²) in [5.74, 6) is -1.19. The summed E-state index contributed by atoms with van der Waals surface area (Å²) >= 11 is 0. The lowest BCUT2D eigenvalue weighted by molar-refractivity contribution is -0.138. The maximum atomic E-state index is 11.5. The number of carboxylic acid groups (broad SMARTS) is 1. The maximum absolute atomic E-state index is 11.5. The molecule has 0 unspecified atom stereocenters. The van der Waals surface area contributed by atoms with Crippen LogP contribution in [0.25, 0.3) is 0 Å². The molecule has 2 N–H and O–H groups in total. The zero-order chi connectivity index (χ0) is 12.1. The molecule has 7 heteroatoms. The van der Waals surface area contributed by atoms with E-state index >= 15 is 0 Å². The molecule has 0 aliphatic rings. The summed E-state index contributed by atoms with van der Waals surface area (Å²) < 4.78 is 26.2. The van der Waals surface area contributed by atoms with Gasteiger partial charge in [0.05, 0.1) is 0 Å². The van der Waals surface area contributed by atoms with Crippen molar-refractivity contribution >= 4 is 16.2 Å². The zero-order valence-corrected chi connectivity index (χ0v) is 10.0. The molecule has 0 rings (SSSR count). The Hall–Kier alpha value is -0.660. The zero-order valence-electron chi connectivity index (χ0n) is 9.23. The van der Waals surface area contributed by atoms with Crippen LogP contribution in [0.15, 0.2) is 0 Å². The van der Waals surface area contributed by atoms with Crippen LogP contribution in [0.4, 0.5) is 0 Å². The van der Waals surface area contributed by atoms with E-state index in [1.54, 1.807) is 0 Å². The fourth-order valence-corrected chi connectivity index (χ4v) is 1.96. The quantitative estimate of drug-likeness (QED) is 0.655. The molecule has 0 aromatic rings. The van der Waals surface area contributed by atoms with Gasteiger partial charge in [0, 0.05) is 13.6 Å². The standard InChI is InChI=1S/C8H18N2O4S/c1-4-5-6-10(3)15(13,14)9-7(2)8(11)12/h7,9H,4-6H2,1-3H3,(H,11,12)/t7-/m0/s1. The molecule has 0 spiro atoms. The second-order valence-electron chi connectivity index (χ2n) is 3.36. The Labute approximate surface area is 90.5 Å². The lowest BCUT2D eigenvalue weighted by atomic mass is 10.3. The first-order valence-electron chi connectivity index (χ1n) is 4.77. The Kier molecular flexibility index (Phi) is 5.77. The van der Waals surface area contributed by atoms with Crippen molar-refractivity contribution in [3.63, 3.8) is 0 Å². The molecule has 0 radical (unpaired) electrons. The first-order chi connectivity index (χ1) is 6.81. The highest BCUT2D eigenvalue weighted by Crippen LogP contribution is 1.99. The Bertz CT molecular complexity index is 302. The van der Waals surface area contributed by atoms with Gasteiger partial charge in [-0.05, 0) is 13.3 Å². The van der Waals surface area contributed by atoms with Crippen molar-refractivity contribution in [3.8, 4) is 0 Å². The molecule has 6 nitrogen and oxygen atoms in total. The van der Waals surface area contributed by atoms with E-state index in [0.29, 0.717) is 6.54 Å². The van der Waals surface area contributed by atoms with Gasteiger partial charge in [-0.25, -0.2) is 0 Å². The number of carbonyl (C=O) groups is 1. The van der Waals surface area contributed by atoms with Gasteiger partial charge in [0.1, 0.15) is 6.04 Å². The highest BCUT2D eigenvalue weighted by Gasteiger charge is 2.22. The highest BCUT2D eigenvalue weighted by molar-refractivity contribution is 7.87. The molecular weight excluding hydrogens is 220 g/mol. The van der Waals surface area contributed by atoms with Gasteiger partial charge < -0.3 is 5.11 Å². The SMILES string of the molecule is CCCCN(C)S(=O)(=O)N[C@@H](C)C(=O)O. The number of unbranched alkanes of at least 4 members (excludes halogenated alkanes) is 1. The number of nitrogens with one attached hydrogen (secondary N) is 1. The van der Waals surface area contributed by atoms with Gasteiger partial charge in [0.15, 0.2) is 0 Å². The van der Waals surface area contributed by atoms with Crippen LogP contribution in [0.1, 0.15) is 26.7 Å². The van der Waals surface area contributed by atoms with Crippen molar-refractivity contribution < 1.29 is 18.3 Å². The van der Waals surface area contributed by atoms with Crippen LogP contribution in [-0.2, 0) is 15.0 Å². The maximum Gasteiger partial charge on any atom is 0.321 e. The lowest BCUT2D eigenvalue weighted by Gasteiger charge is -2.18. The summed E-state index contributed by atoms with van der Waals surface area (Å²) in [4.78, 5) is 10.5. The summed E-state index contributed by atoms with van der Waals surface area (Å²) in [6, 6.07) is -1.11. The Morgan fingerprint density at radius 2 is 2.07 bits per heavy atom. The Morgan fingerprint density at radius 3 is 2.47 bits per heavy atom. The predicted molar refractivity (Wildman–Crippen MR) is 56.7 cm³/mol. The first kappa shape index (κ1) is 14.3. The summed E-state index contributed by atoms with van der Waals surface area (Å²) in [5, 5.41) is 8.56. The molecular formula is C8H18N2O4S. The van der Waals surface area contributed by atoms with E-state index < -0.39 is 22.2 Å². The summed E-state index contributed by atoms with van der Waals surface area (Å²) in [5.41, 5.74) is 0. The summed E-state index contributed by atoms with van der Waals surface area (Å²) in [7, 11) is -2.25. The topological polar surface area (TPSA) is 86.7 Å². The van der Waals surface area contributed by atoms with Gasteiger partial charge in [0.2, 0.25) is 0 Å². The number of carboxylic acids is 1. The van der Waals surface area contributed by atoms with E-state index in [1.165, 1.54) is 14.0 Å². The minimum atomic E-state index is -3.67. The second-order valence-corrected chi connectivity index (χ2v) is 5.17. The normalized spacial score (nSPS) is 14.1. The van der Waals surface area contributed by atoms with Gasteiger partial charge in [-0.1, -0.05) is 13.3 Å². The molecule has 0 aromatic carbocycles. The van der Waals surface area contributed by atoms with Crippen LogP contribution in [0, 0.1) is 0 Å². The first-order valence-corrected chi connectivity index (χ1v) is 6.21. The van der Waals surface area contributed by atoms with Crippen molar-refractivity contribution in [3.05, 3.63) is 0 Å². The third-order valence-corrected chi connectivity index (χ3v) is 3.59. The summed E-state index contributed by atoms with van der Waals surface area (Å²) in [6.45, 7) is 3.62. The van der Waals surface area contributed by atoms with Crippen LogP contribution in [-0.4, -0.2) is 43.4 Å². The molecule has 0 aliphatic heterocycles. The third-order valence-electron chi connectivity index (χ3n) is 1.93. The molecule has 0 saturated heterocycles. The molecule has 15 heavy (non-hydrogen) atoms. The average Bonchev–Trinajstić information content (AvgIpc) is 2.13. The molecule has 0 bridgehead atoms. The monoisotopic (exact) mass is 238 g/mol. The molecule has 1 atom stereocenters. The van der Waals surface area contributed by atoms with Crippen LogP contribution in [0.2, 0.25) is 0 Å². The van der Waals surface area contributed by atoms with Gasteiger partial charge in [-0.2, -0.15) is 17.4 Å². The van der Waals surface area contributed by atoms with Gasteiger partial charge in [-0.15, -0.1) is 0 Å². The van der Waals surface area contributed by atoms with Crippen LogP contribution in [0.5, 0.6) is 0 Å². The molecule has 0 fully saturated rings. The minimum absolute atomic E-state index is 0.387. The molecule has 0 saturated carbocycles. The van der Waals surface area contributed by atoms with E-state index in [0.717, 1.165) is 17.1 Å². The highest BCUT2D eigenvalue weighted by atomic mass is 32.2. The molecule has 0 aliphatic carbocycles. The number of nitrogens with zero attached hydrogens (tertiary/aromatic N) is 1. The van der Waals surface area contributed by atoms with Crippen molar-refractivity contribution in [1.29, 1.82) is 0 Å². The van der Waals surface area contributed by atoms with E-state index in [1.807, 2.05) is 6.92 Å². The third kappa shape index (κ3) is 5.10. The van der Waals surface area contributed by atoms with Crippen molar-refractivity contribution in [2.75, 3.05) is 13.6 Å². The Morgan fingerprint density at radius 1 is 1.53 bits per heavy atom. The smallest absolute Gasteiger partial charge is 0.321 e. The number of rotatable bonds is 7. The van der Waals surface area contributed by atoms with E-state index in [9.17, 15) is 13.2 Å². The van der Waals surface area contributed by atoms with Crippen molar-refractivity contribution in [2.45, 2.75) is 32.7 Å². The van der Waals surface area contributed by atoms with E-state index in [-0.39, 0.29) is 0 Å². The molecule has 0 amide bonds. The predicted octanol–water partition coefficient (Wildman–Crippen LogP) is 0.0258. The van der Waals surface area contributed by atoms with Crippen LogP contribution >= 0.6 is 0 Å². The van der Waals surface area contributed by atoms with Gasteiger partial charge in [0.25, 0.3) is 10.2 Å². The molecule has 90 valence electrons. The molecule has 0 aromatic heterocycles. The van der Waals surface area contributed by atoms with Crippen LogP contribution < -0.4 is 4.72 Å². The number of hydrogen-bond donors (Lipinski definition) is 2. The lowest BCUT2D eigenvalue weighted by Crippen LogP contribution is -2.45.